The molecule has 27 heavy (non-hydrogen) atoms. The summed E-state index contributed by atoms with van der Waals surface area (Å²) < 4.78 is 14.6. The number of carbonyl (C=O) groups excluding carboxylic acids is 3. The summed E-state index contributed by atoms with van der Waals surface area (Å²) in [4.78, 5) is 35.8. The number of ether oxygens (including phenoxy) is 3. The van der Waals surface area contributed by atoms with Gasteiger partial charge in [0.15, 0.2) is 6.61 Å². The summed E-state index contributed by atoms with van der Waals surface area (Å²) in [6, 6.07) is 8.80. The number of hydrogen-bond acceptors (Lipinski definition) is 6. The number of methoxy groups -OCH3 is 2. The van der Waals surface area contributed by atoms with Crippen molar-refractivity contribution in [2.45, 2.75) is 0 Å². The van der Waals surface area contributed by atoms with E-state index >= 15 is 0 Å². The molecule has 0 aromatic heterocycles. The number of esters is 2. The van der Waals surface area contributed by atoms with Crippen LogP contribution in [0.2, 0.25) is 10.0 Å². The maximum atomic E-state index is 12.2. The Morgan fingerprint density at radius 3 is 2.37 bits per heavy atom. The number of benzene rings is 2. The lowest BCUT2D eigenvalue weighted by molar-refractivity contribution is -0.118. The second kappa shape index (κ2) is 9.25. The molecule has 0 saturated carbocycles. The first-order valence-electron chi connectivity index (χ1n) is 7.54. The zero-order chi connectivity index (χ0) is 20.0. The van der Waals surface area contributed by atoms with Crippen molar-refractivity contribution < 1.29 is 28.6 Å². The van der Waals surface area contributed by atoms with Gasteiger partial charge in [-0.1, -0.05) is 29.3 Å². The van der Waals surface area contributed by atoms with Gasteiger partial charge in [-0.2, -0.15) is 0 Å². The molecule has 0 spiro atoms. The fraction of sp³-hybridized carbons (Fsp3) is 0.167. The molecule has 0 bridgehead atoms. The smallest absolute Gasteiger partial charge is 0.339 e. The molecule has 0 fully saturated rings. The summed E-state index contributed by atoms with van der Waals surface area (Å²) in [6.45, 7) is -0.400. The molecule has 2 aromatic carbocycles. The zero-order valence-electron chi connectivity index (χ0n) is 14.4. The van der Waals surface area contributed by atoms with Gasteiger partial charge in [-0.15, -0.1) is 0 Å². The largest absolute Gasteiger partial charge is 0.482 e. The van der Waals surface area contributed by atoms with E-state index in [1.54, 1.807) is 18.2 Å². The first kappa shape index (κ1) is 20.5. The predicted octanol–water partition coefficient (Wildman–Crippen LogP) is 3.58. The van der Waals surface area contributed by atoms with Gasteiger partial charge in [0, 0.05) is 0 Å². The number of halogens is 2. The van der Waals surface area contributed by atoms with Crippen molar-refractivity contribution >= 4 is 46.7 Å². The normalized spacial score (nSPS) is 10.1. The third-order valence-electron chi connectivity index (χ3n) is 3.39. The topological polar surface area (TPSA) is 90.9 Å². The van der Waals surface area contributed by atoms with Crippen LogP contribution in [0.4, 0.5) is 5.69 Å². The second-order valence-corrected chi connectivity index (χ2v) is 5.92. The van der Waals surface area contributed by atoms with Gasteiger partial charge in [0.05, 0.1) is 36.1 Å². The summed E-state index contributed by atoms with van der Waals surface area (Å²) in [7, 11) is 2.42. The van der Waals surface area contributed by atoms with Crippen molar-refractivity contribution in [3.8, 4) is 5.75 Å². The molecule has 2 rings (SSSR count). The van der Waals surface area contributed by atoms with E-state index in [0.29, 0.717) is 0 Å². The summed E-state index contributed by atoms with van der Waals surface area (Å²) >= 11 is 11.9. The molecule has 0 saturated heterocycles. The molecule has 1 N–H and O–H groups in total. The highest BCUT2D eigenvalue weighted by Gasteiger charge is 2.18. The Balaban J connectivity index is 2.18. The lowest BCUT2D eigenvalue weighted by Crippen LogP contribution is -2.22. The minimum Gasteiger partial charge on any atom is -0.482 e. The van der Waals surface area contributed by atoms with Crippen LogP contribution in [-0.2, 0) is 14.3 Å². The summed E-state index contributed by atoms with van der Waals surface area (Å²) in [5.74, 6) is -1.65. The van der Waals surface area contributed by atoms with Crippen LogP contribution in [0.1, 0.15) is 20.7 Å². The molecule has 0 aliphatic carbocycles. The Morgan fingerprint density at radius 1 is 1.00 bits per heavy atom. The monoisotopic (exact) mass is 411 g/mol. The third-order valence-corrected chi connectivity index (χ3v) is 4.20. The summed E-state index contributed by atoms with van der Waals surface area (Å²) in [5, 5.41) is 2.96. The van der Waals surface area contributed by atoms with Crippen molar-refractivity contribution in [1.82, 2.24) is 0 Å². The molecule has 0 atom stereocenters. The van der Waals surface area contributed by atoms with Gasteiger partial charge in [0.25, 0.3) is 5.91 Å². The molecule has 0 unspecified atom stereocenters. The number of hydrogen-bond donors (Lipinski definition) is 1. The first-order chi connectivity index (χ1) is 12.9. The highest BCUT2D eigenvalue weighted by Crippen LogP contribution is 2.31. The fourth-order valence-electron chi connectivity index (χ4n) is 2.11. The minimum absolute atomic E-state index is 0.0688. The molecule has 7 nitrogen and oxygen atoms in total. The van der Waals surface area contributed by atoms with E-state index in [0.717, 1.165) is 0 Å². The lowest BCUT2D eigenvalue weighted by Gasteiger charge is -2.12. The Kier molecular flexibility index (Phi) is 7.04. The van der Waals surface area contributed by atoms with Crippen LogP contribution in [0.25, 0.3) is 0 Å². The van der Waals surface area contributed by atoms with Crippen LogP contribution in [0.15, 0.2) is 36.4 Å². The average molecular weight is 412 g/mol. The van der Waals surface area contributed by atoms with Gasteiger partial charge >= 0.3 is 11.9 Å². The molecular formula is C18H15Cl2NO6. The zero-order valence-corrected chi connectivity index (χ0v) is 15.9. The van der Waals surface area contributed by atoms with E-state index in [1.807, 2.05) is 0 Å². The third kappa shape index (κ3) is 5.12. The number of anilines is 1. The molecule has 0 aliphatic heterocycles. The summed E-state index contributed by atoms with van der Waals surface area (Å²) in [5.41, 5.74) is 0.300. The number of carbonyl (C=O) groups is 3. The highest BCUT2D eigenvalue weighted by atomic mass is 35.5. The van der Waals surface area contributed by atoms with Gasteiger partial charge in [-0.3, -0.25) is 4.79 Å². The molecule has 0 radical (unpaired) electrons. The van der Waals surface area contributed by atoms with Crippen LogP contribution in [0, 0.1) is 0 Å². The molecule has 1 amide bonds. The minimum atomic E-state index is -0.680. The summed E-state index contributed by atoms with van der Waals surface area (Å²) in [6.07, 6.45) is 0. The van der Waals surface area contributed by atoms with Crippen molar-refractivity contribution in [1.29, 1.82) is 0 Å². The highest BCUT2D eigenvalue weighted by molar-refractivity contribution is 6.42. The molecule has 142 valence electrons. The number of nitrogens with one attached hydrogen (secondary N) is 1. The van der Waals surface area contributed by atoms with Crippen molar-refractivity contribution in [2.75, 3.05) is 26.1 Å². The standard InChI is InChI=1S/C18H15Cl2NO6/c1-25-17(23)10-6-7-11(18(24)26-2)13(8-10)21-15(22)9-27-14-5-3-4-12(19)16(14)20/h3-8H,9H2,1-2H3,(H,21,22). The molecular weight excluding hydrogens is 397 g/mol. The molecule has 9 heteroatoms. The van der Waals surface area contributed by atoms with Gasteiger partial charge in [-0.25, -0.2) is 9.59 Å². The van der Waals surface area contributed by atoms with Crippen LogP contribution >= 0.6 is 23.2 Å². The molecule has 0 heterocycles. The van der Waals surface area contributed by atoms with Crippen LogP contribution in [0.3, 0.4) is 0 Å². The Bertz CT molecular complexity index is 884. The SMILES string of the molecule is COC(=O)c1ccc(C(=O)OC)c(NC(=O)COc2cccc(Cl)c2Cl)c1. The quantitative estimate of drug-likeness (QED) is 0.730. The van der Waals surface area contributed by atoms with Crippen LogP contribution in [-0.4, -0.2) is 38.7 Å². The molecule has 0 aliphatic rings. The van der Waals surface area contributed by atoms with Crippen LogP contribution < -0.4 is 10.1 Å². The number of rotatable bonds is 6. The van der Waals surface area contributed by atoms with Crippen molar-refractivity contribution in [2.24, 2.45) is 0 Å². The van der Waals surface area contributed by atoms with Crippen molar-refractivity contribution in [3.05, 3.63) is 57.6 Å². The van der Waals surface area contributed by atoms with E-state index in [9.17, 15) is 14.4 Å². The Morgan fingerprint density at radius 2 is 1.70 bits per heavy atom. The molecule has 2 aromatic rings. The average Bonchev–Trinajstić information content (AvgIpc) is 2.67. The van der Waals surface area contributed by atoms with E-state index in [1.165, 1.54) is 32.4 Å². The second-order valence-electron chi connectivity index (χ2n) is 5.13. The van der Waals surface area contributed by atoms with E-state index in [4.69, 9.17) is 27.9 Å². The van der Waals surface area contributed by atoms with Gasteiger partial charge < -0.3 is 19.5 Å². The predicted molar refractivity (Wildman–Crippen MR) is 99.7 cm³/mol. The van der Waals surface area contributed by atoms with Crippen molar-refractivity contribution in [3.63, 3.8) is 0 Å². The Labute approximate surface area is 165 Å². The maximum Gasteiger partial charge on any atom is 0.339 e. The van der Waals surface area contributed by atoms with Gasteiger partial charge in [0.2, 0.25) is 0 Å². The van der Waals surface area contributed by atoms with Gasteiger partial charge in [0.1, 0.15) is 10.8 Å². The first-order valence-corrected chi connectivity index (χ1v) is 8.30. The van der Waals surface area contributed by atoms with E-state index < -0.39 is 24.5 Å². The lowest BCUT2D eigenvalue weighted by atomic mass is 10.1. The fourth-order valence-corrected chi connectivity index (χ4v) is 2.45. The van der Waals surface area contributed by atoms with Crippen LogP contribution in [0.5, 0.6) is 5.75 Å². The van der Waals surface area contributed by atoms with E-state index in [2.05, 4.69) is 14.8 Å². The number of amides is 1. The van der Waals surface area contributed by atoms with Gasteiger partial charge in [-0.05, 0) is 30.3 Å². The maximum absolute atomic E-state index is 12.2. The Hall–Kier alpha value is -2.77. The van der Waals surface area contributed by atoms with E-state index in [-0.39, 0.29) is 32.6 Å².